The van der Waals surface area contributed by atoms with Crippen molar-refractivity contribution in [3.63, 3.8) is 0 Å². The summed E-state index contributed by atoms with van der Waals surface area (Å²) in [6, 6.07) is 0. The van der Waals surface area contributed by atoms with Crippen molar-refractivity contribution in [1.82, 2.24) is 4.67 Å². The lowest BCUT2D eigenvalue weighted by Crippen LogP contribution is -2.44. The molecule has 17 heavy (non-hydrogen) atoms. The smallest absolute Gasteiger partial charge is 0.386 e. The van der Waals surface area contributed by atoms with E-state index < -0.39 is 21.6 Å². The first-order valence-electron chi connectivity index (χ1n) is 4.36. The maximum absolute atomic E-state index is 11.5. The van der Waals surface area contributed by atoms with Gasteiger partial charge >= 0.3 is 15.3 Å². The molecule has 0 aromatic rings. The van der Waals surface area contributed by atoms with Crippen LogP contribution in [-0.2, 0) is 13.7 Å². The van der Waals surface area contributed by atoms with E-state index in [4.69, 9.17) is 27.8 Å². The van der Waals surface area contributed by atoms with Crippen LogP contribution < -0.4 is 27.8 Å². The second kappa shape index (κ2) is 4.51. The topological polar surface area (TPSA) is 189 Å². The molecule has 0 aliphatic carbocycles. The van der Waals surface area contributed by atoms with Gasteiger partial charge in [-0.3, -0.25) is 26.0 Å². The lowest BCUT2D eigenvalue weighted by molar-refractivity contribution is 0.375. The molecule has 1 heterocycles. The molecular weight excluding hydrogens is 268 g/mol. The highest BCUT2D eigenvalue weighted by molar-refractivity contribution is 7.56. The van der Waals surface area contributed by atoms with Crippen LogP contribution in [0.2, 0.25) is 0 Å². The Balaban J connectivity index is 3.00. The highest BCUT2D eigenvalue weighted by atomic mass is 31.2. The number of aliphatic imine (C=N–C) groups is 1. The van der Waals surface area contributed by atoms with Crippen LogP contribution in [-0.4, -0.2) is 16.9 Å². The zero-order chi connectivity index (χ0) is 13.4. The highest BCUT2D eigenvalue weighted by Gasteiger charge is 2.31. The Morgan fingerprint density at radius 1 is 1.35 bits per heavy atom. The van der Waals surface area contributed by atoms with Gasteiger partial charge in [-0.15, -0.1) is 0 Å². The summed E-state index contributed by atoms with van der Waals surface area (Å²) in [5, 5.41) is 0. The van der Waals surface area contributed by atoms with Crippen molar-refractivity contribution in [1.29, 1.82) is 0 Å². The molecule has 0 aromatic heterocycles. The second-order valence-corrected chi connectivity index (χ2v) is 6.67. The molecule has 98 valence electrons. The van der Waals surface area contributed by atoms with Crippen molar-refractivity contribution in [2.24, 2.45) is 32.7 Å². The lowest BCUT2D eigenvalue weighted by Gasteiger charge is -2.33. The summed E-state index contributed by atoms with van der Waals surface area (Å²) >= 11 is 0. The Kier molecular flexibility index (Phi) is 3.80. The zero-order valence-electron chi connectivity index (χ0n) is 9.06. The fourth-order valence-electron chi connectivity index (χ4n) is 1.30. The summed E-state index contributed by atoms with van der Waals surface area (Å²) in [4.78, 5) is 3.72. The minimum absolute atomic E-state index is 0.131. The quantitative estimate of drug-likeness (QED) is 0.392. The van der Waals surface area contributed by atoms with Gasteiger partial charge in [-0.2, -0.15) is 0 Å². The van der Waals surface area contributed by atoms with Gasteiger partial charge in [0.05, 0.1) is 0 Å². The van der Waals surface area contributed by atoms with Crippen molar-refractivity contribution in [2.45, 2.75) is 13.2 Å². The molecule has 1 atom stereocenters. The van der Waals surface area contributed by atoms with E-state index in [1.165, 1.54) is 13.0 Å². The predicted octanol–water partition coefficient (Wildman–Crippen LogP) is -1.09. The van der Waals surface area contributed by atoms with Gasteiger partial charge in [0.1, 0.15) is 0 Å². The van der Waals surface area contributed by atoms with Gasteiger partial charge in [0.25, 0.3) is 0 Å². The molecule has 1 aliphatic heterocycles. The standard InChI is InChI=1S/C5H15N7O3P2/c1-3-2-4(15-17(9,10)14)11-5(6)12(3)16(7,8)13/h2,5H,6H2,1H3,(H4,7,8,13)(H4,9,10,14). The van der Waals surface area contributed by atoms with Gasteiger partial charge in [0.15, 0.2) is 6.29 Å². The third kappa shape index (κ3) is 3.90. The molecule has 0 spiro atoms. The first kappa shape index (κ1) is 14.3. The van der Waals surface area contributed by atoms with Crippen LogP contribution in [0.25, 0.3) is 0 Å². The van der Waals surface area contributed by atoms with Gasteiger partial charge in [-0.05, 0) is 6.92 Å². The van der Waals surface area contributed by atoms with Gasteiger partial charge in [-0.25, -0.2) is 20.6 Å². The molecule has 0 saturated carbocycles. The number of hydrogen-bond acceptors (Lipinski definition) is 5. The fraction of sp³-hybridized carbons (Fsp3) is 0.400. The number of hydrogen-bond donors (Lipinski definition) is 5. The highest BCUT2D eigenvalue weighted by Crippen LogP contribution is 2.39. The third-order valence-electron chi connectivity index (χ3n) is 1.78. The van der Waals surface area contributed by atoms with E-state index in [1.54, 1.807) is 0 Å². The van der Waals surface area contributed by atoms with Crippen LogP contribution in [0.15, 0.2) is 16.8 Å². The average molecular weight is 283 g/mol. The Labute approximate surface area is 97.9 Å². The molecule has 1 rings (SSSR count). The first-order valence-corrected chi connectivity index (χ1v) is 7.92. The molecule has 1 unspecified atom stereocenters. The normalized spacial score (nSPS) is 22.0. The van der Waals surface area contributed by atoms with Crippen LogP contribution in [0, 0.1) is 0 Å². The summed E-state index contributed by atoms with van der Waals surface area (Å²) in [5.74, 6) is -0.131. The molecule has 10 N–H and O–H groups in total. The van der Waals surface area contributed by atoms with Crippen LogP contribution in [0.4, 0.5) is 0 Å². The molecule has 12 heteroatoms. The van der Waals surface area contributed by atoms with Crippen molar-refractivity contribution in [2.75, 3.05) is 0 Å². The molecule has 0 saturated heterocycles. The summed E-state index contributed by atoms with van der Waals surface area (Å²) < 4.78 is 28.3. The Morgan fingerprint density at radius 2 is 1.88 bits per heavy atom. The van der Waals surface area contributed by atoms with Gasteiger partial charge in [0.2, 0.25) is 5.90 Å². The number of nitrogens with two attached hydrogens (primary N) is 5. The number of rotatable bonds is 2. The molecule has 0 amide bonds. The zero-order valence-corrected chi connectivity index (χ0v) is 10.8. The maximum Gasteiger partial charge on any atom is 0.386 e. The largest absolute Gasteiger partial charge is 0.404 e. The van der Waals surface area contributed by atoms with Crippen LogP contribution in [0.3, 0.4) is 0 Å². The van der Waals surface area contributed by atoms with E-state index in [1.807, 2.05) is 0 Å². The molecule has 0 aromatic carbocycles. The maximum atomic E-state index is 11.5. The minimum atomic E-state index is -3.73. The molecule has 0 fully saturated rings. The van der Waals surface area contributed by atoms with E-state index in [9.17, 15) is 9.13 Å². The summed E-state index contributed by atoms with van der Waals surface area (Å²) in [7, 11) is -7.31. The SMILES string of the molecule is CC1=CC(OP(N)(N)=O)=NC(N)N1P(N)(N)=O. The number of allylic oxidation sites excluding steroid dienone is 1. The van der Waals surface area contributed by atoms with Crippen molar-refractivity contribution in [3.05, 3.63) is 11.8 Å². The van der Waals surface area contributed by atoms with E-state index >= 15 is 0 Å². The van der Waals surface area contributed by atoms with E-state index in [-0.39, 0.29) is 5.90 Å². The minimum Gasteiger partial charge on any atom is -0.404 e. The lowest BCUT2D eigenvalue weighted by atomic mass is 10.4. The Morgan fingerprint density at radius 3 is 2.24 bits per heavy atom. The van der Waals surface area contributed by atoms with Crippen molar-refractivity contribution < 1.29 is 13.7 Å². The fourth-order valence-corrected chi connectivity index (χ4v) is 2.67. The first-order chi connectivity index (χ1) is 7.50. The molecule has 10 nitrogen and oxygen atoms in total. The summed E-state index contributed by atoms with van der Waals surface area (Å²) in [5.41, 5.74) is 26.5. The van der Waals surface area contributed by atoms with Crippen LogP contribution >= 0.6 is 15.3 Å². The molecular formula is C5H15N7O3P2. The van der Waals surface area contributed by atoms with E-state index in [0.717, 1.165) is 4.67 Å². The summed E-state index contributed by atoms with van der Waals surface area (Å²) in [6.07, 6.45) is 0.157. The van der Waals surface area contributed by atoms with Crippen LogP contribution in [0.5, 0.6) is 0 Å². The molecule has 0 radical (unpaired) electrons. The Bertz CT molecular complexity index is 462. The van der Waals surface area contributed by atoms with Crippen LogP contribution in [0.1, 0.15) is 6.92 Å². The van der Waals surface area contributed by atoms with Gasteiger partial charge in [0, 0.05) is 11.8 Å². The summed E-state index contributed by atoms with van der Waals surface area (Å²) in [6.45, 7) is 1.53. The average Bonchev–Trinajstić information content (AvgIpc) is 1.94. The molecule has 1 aliphatic rings. The van der Waals surface area contributed by atoms with Crippen molar-refractivity contribution >= 4 is 21.2 Å². The Hall–Kier alpha value is -0.730. The molecule has 0 bridgehead atoms. The van der Waals surface area contributed by atoms with E-state index in [0.29, 0.717) is 5.70 Å². The van der Waals surface area contributed by atoms with E-state index in [2.05, 4.69) is 9.52 Å². The van der Waals surface area contributed by atoms with Crippen molar-refractivity contribution in [3.8, 4) is 0 Å². The monoisotopic (exact) mass is 283 g/mol. The third-order valence-corrected chi connectivity index (χ3v) is 3.47. The second-order valence-electron chi connectivity index (χ2n) is 3.42. The van der Waals surface area contributed by atoms with Gasteiger partial charge in [-0.1, -0.05) is 0 Å². The predicted molar refractivity (Wildman–Crippen MR) is 64.1 cm³/mol. The van der Waals surface area contributed by atoms with Gasteiger partial charge < -0.3 is 4.52 Å². The number of nitrogens with zero attached hydrogens (tertiary/aromatic N) is 2.